The topological polar surface area (TPSA) is 70.7 Å². The fourth-order valence-electron chi connectivity index (χ4n) is 3.24. The number of rotatable bonds is 2. The van der Waals surface area contributed by atoms with E-state index in [-0.39, 0.29) is 5.91 Å². The SMILES string of the molecule is Cc1ccc(NC(=O)c2ccc3nc4[nH]c5ccccc5c4nc3c2)cc1. The van der Waals surface area contributed by atoms with Gasteiger partial charge in [-0.2, -0.15) is 0 Å². The van der Waals surface area contributed by atoms with Crippen molar-refractivity contribution in [2.45, 2.75) is 6.92 Å². The summed E-state index contributed by atoms with van der Waals surface area (Å²) in [5, 5.41) is 3.94. The maximum absolute atomic E-state index is 12.6. The molecule has 5 heteroatoms. The van der Waals surface area contributed by atoms with Crippen molar-refractivity contribution in [3.05, 3.63) is 77.9 Å². The maximum atomic E-state index is 12.6. The van der Waals surface area contributed by atoms with E-state index in [4.69, 9.17) is 4.98 Å². The summed E-state index contributed by atoms with van der Waals surface area (Å²) in [4.78, 5) is 25.3. The van der Waals surface area contributed by atoms with Crippen molar-refractivity contribution < 1.29 is 4.79 Å². The van der Waals surface area contributed by atoms with Crippen LogP contribution in [0.25, 0.3) is 33.1 Å². The van der Waals surface area contributed by atoms with Crippen molar-refractivity contribution in [3.8, 4) is 0 Å². The Morgan fingerprint density at radius 2 is 1.74 bits per heavy atom. The Labute approximate surface area is 155 Å². The van der Waals surface area contributed by atoms with Gasteiger partial charge in [0.25, 0.3) is 5.91 Å². The highest BCUT2D eigenvalue weighted by Crippen LogP contribution is 2.25. The summed E-state index contributed by atoms with van der Waals surface area (Å²) in [6.45, 7) is 2.01. The van der Waals surface area contributed by atoms with Crippen molar-refractivity contribution in [1.29, 1.82) is 0 Å². The van der Waals surface area contributed by atoms with E-state index in [0.717, 1.165) is 38.8 Å². The van der Waals surface area contributed by atoms with Gasteiger partial charge in [-0.05, 0) is 43.3 Å². The molecule has 0 aliphatic heterocycles. The van der Waals surface area contributed by atoms with E-state index in [2.05, 4.69) is 15.3 Å². The summed E-state index contributed by atoms with van der Waals surface area (Å²) in [5.74, 6) is -0.165. The first-order chi connectivity index (χ1) is 13.2. The summed E-state index contributed by atoms with van der Waals surface area (Å²) in [6, 6.07) is 21.1. The molecular weight excluding hydrogens is 336 g/mol. The van der Waals surface area contributed by atoms with E-state index in [9.17, 15) is 4.79 Å². The summed E-state index contributed by atoms with van der Waals surface area (Å²) < 4.78 is 0. The number of benzene rings is 3. The van der Waals surface area contributed by atoms with Crippen molar-refractivity contribution >= 4 is 44.7 Å². The first-order valence-electron chi connectivity index (χ1n) is 8.74. The minimum absolute atomic E-state index is 0.165. The van der Waals surface area contributed by atoms with E-state index < -0.39 is 0 Å². The Morgan fingerprint density at radius 3 is 2.59 bits per heavy atom. The predicted molar refractivity (Wildman–Crippen MR) is 108 cm³/mol. The van der Waals surface area contributed by atoms with E-state index in [1.807, 2.05) is 61.5 Å². The Bertz CT molecular complexity index is 1320. The van der Waals surface area contributed by atoms with Gasteiger partial charge in [-0.3, -0.25) is 4.79 Å². The van der Waals surface area contributed by atoms with Crippen LogP contribution in [0.4, 0.5) is 5.69 Å². The minimum atomic E-state index is -0.165. The van der Waals surface area contributed by atoms with E-state index >= 15 is 0 Å². The zero-order valence-corrected chi connectivity index (χ0v) is 14.7. The number of hydrogen-bond acceptors (Lipinski definition) is 3. The molecule has 2 heterocycles. The van der Waals surface area contributed by atoms with E-state index in [0.29, 0.717) is 11.1 Å². The van der Waals surface area contributed by atoms with Gasteiger partial charge >= 0.3 is 0 Å². The van der Waals surface area contributed by atoms with Crippen LogP contribution in [0.15, 0.2) is 66.7 Å². The molecule has 0 radical (unpaired) electrons. The van der Waals surface area contributed by atoms with Crippen molar-refractivity contribution in [3.63, 3.8) is 0 Å². The van der Waals surface area contributed by atoms with E-state index in [1.54, 1.807) is 12.1 Å². The lowest BCUT2D eigenvalue weighted by atomic mass is 10.1. The molecule has 0 spiro atoms. The van der Waals surface area contributed by atoms with Gasteiger partial charge < -0.3 is 10.3 Å². The lowest BCUT2D eigenvalue weighted by molar-refractivity contribution is 0.102. The number of carbonyl (C=O) groups excluding carboxylic acids is 1. The summed E-state index contributed by atoms with van der Waals surface area (Å²) in [5.41, 5.74) is 6.48. The molecule has 0 saturated carbocycles. The molecule has 2 N–H and O–H groups in total. The highest BCUT2D eigenvalue weighted by atomic mass is 16.1. The molecule has 0 aliphatic carbocycles. The number of nitrogens with one attached hydrogen (secondary N) is 2. The van der Waals surface area contributed by atoms with Gasteiger partial charge in [-0.25, -0.2) is 9.97 Å². The smallest absolute Gasteiger partial charge is 0.255 e. The zero-order valence-electron chi connectivity index (χ0n) is 14.7. The molecule has 0 fully saturated rings. The number of fused-ring (bicyclic) bond motifs is 4. The second-order valence-corrected chi connectivity index (χ2v) is 6.62. The van der Waals surface area contributed by atoms with E-state index in [1.165, 1.54) is 0 Å². The number of aromatic nitrogens is 3. The summed E-state index contributed by atoms with van der Waals surface area (Å²) >= 11 is 0. The number of hydrogen-bond donors (Lipinski definition) is 2. The maximum Gasteiger partial charge on any atom is 0.255 e. The molecule has 5 aromatic rings. The summed E-state index contributed by atoms with van der Waals surface area (Å²) in [7, 11) is 0. The Hall–Kier alpha value is -3.73. The highest BCUT2D eigenvalue weighted by molar-refractivity contribution is 6.08. The Kier molecular flexibility index (Phi) is 3.40. The molecule has 0 bridgehead atoms. The van der Waals surface area contributed by atoms with Gasteiger partial charge in [0.1, 0.15) is 5.52 Å². The van der Waals surface area contributed by atoms with Gasteiger partial charge in [0, 0.05) is 22.2 Å². The molecule has 1 amide bonds. The molecule has 5 nitrogen and oxygen atoms in total. The van der Waals surface area contributed by atoms with Gasteiger partial charge in [-0.15, -0.1) is 0 Å². The zero-order chi connectivity index (χ0) is 18.4. The second-order valence-electron chi connectivity index (χ2n) is 6.62. The van der Waals surface area contributed by atoms with Crippen LogP contribution >= 0.6 is 0 Å². The number of amides is 1. The van der Waals surface area contributed by atoms with Crippen molar-refractivity contribution in [1.82, 2.24) is 15.0 Å². The van der Waals surface area contributed by atoms with Crippen LogP contribution < -0.4 is 5.32 Å². The molecule has 130 valence electrons. The van der Waals surface area contributed by atoms with Crippen LogP contribution in [-0.4, -0.2) is 20.9 Å². The Balaban J connectivity index is 1.57. The minimum Gasteiger partial charge on any atom is -0.338 e. The van der Waals surface area contributed by atoms with Crippen LogP contribution in [-0.2, 0) is 0 Å². The number of H-pyrrole nitrogens is 1. The van der Waals surface area contributed by atoms with Crippen LogP contribution in [0.5, 0.6) is 0 Å². The lowest BCUT2D eigenvalue weighted by Gasteiger charge is -2.06. The van der Waals surface area contributed by atoms with Gasteiger partial charge in [0.15, 0.2) is 5.65 Å². The third-order valence-electron chi connectivity index (χ3n) is 4.67. The number of para-hydroxylation sites is 1. The van der Waals surface area contributed by atoms with Crippen LogP contribution in [0.1, 0.15) is 15.9 Å². The average Bonchev–Trinajstić information content (AvgIpc) is 3.05. The van der Waals surface area contributed by atoms with Crippen LogP contribution in [0.3, 0.4) is 0 Å². The molecule has 0 unspecified atom stereocenters. The fourth-order valence-corrected chi connectivity index (χ4v) is 3.24. The number of nitrogens with zero attached hydrogens (tertiary/aromatic N) is 2. The molecular formula is C22H16N4O. The molecule has 5 rings (SSSR count). The standard InChI is InChI=1S/C22H16N4O/c1-13-6-9-15(10-7-13)23-22(27)14-8-11-18-19(12-14)24-20-16-4-2-3-5-17(16)25-21(20)26-18/h2-12H,1H3,(H,23,27)(H,25,26). The molecule has 2 aromatic heterocycles. The van der Waals surface area contributed by atoms with Crippen molar-refractivity contribution in [2.75, 3.05) is 5.32 Å². The number of aromatic amines is 1. The number of carbonyl (C=O) groups is 1. The number of anilines is 1. The first kappa shape index (κ1) is 15.5. The first-order valence-corrected chi connectivity index (χ1v) is 8.74. The largest absolute Gasteiger partial charge is 0.338 e. The molecule has 0 aliphatic rings. The van der Waals surface area contributed by atoms with Crippen LogP contribution in [0, 0.1) is 6.92 Å². The lowest BCUT2D eigenvalue weighted by Crippen LogP contribution is -2.11. The quantitative estimate of drug-likeness (QED) is 0.478. The fraction of sp³-hybridized carbons (Fsp3) is 0.0455. The second kappa shape index (κ2) is 5.92. The third-order valence-corrected chi connectivity index (χ3v) is 4.67. The monoisotopic (exact) mass is 352 g/mol. The highest BCUT2D eigenvalue weighted by Gasteiger charge is 2.11. The number of aryl methyl sites for hydroxylation is 1. The average molecular weight is 352 g/mol. The third kappa shape index (κ3) is 2.69. The predicted octanol–water partition coefficient (Wildman–Crippen LogP) is 4.83. The Morgan fingerprint density at radius 1 is 0.926 bits per heavy atom. The van der Waals surface area contributed by atoms with Gasteiger partial charge in [0.05, 0.1) is 11.0 Å². The van der Waals surface area contributed by atoms with Gasteiger partial charge in [0.2, 0.25) is 0 Å². The molecule has 3 aromatic carbocycles. The van der Waals surface area contributed by atoms with Crippen molar-refractivity contribution in [2.24, 2.45) is 0 Å². The normalized spacial score (nSPS) is 11.3. The molecule has 0 saturated heterocycles. The molecule has 27 heavy (non-hydrogen) atoms. The summed E-state index contributed by atoms with van der Waals surface area (Å²) in [6.07, 6.45) is 0. The molecule has 0 atom stereocenters. The van der Waals surface area contributed by atoms with Crippen LogP contribution in [0.2, 0.25) is 0 Å². The van der Waals surface area contributed by atoms with Gasteiger partial charge in [-0.1, -0.05) is 35.9 Å².